The van der Waals surface area contributed by atoms with E-state index in [2.05, 4.69) is 42.6 Å². The molecule has 0 bridgehead atoms. The van der Waals surface area contributed by atoms with Crippen molar-refractivity contribution in [3.8, 4) is 0 Å². The van der Waals surface area contributed by atoms with Crippen LogP contribution in [0.1, 0.15) is 57.4 Å². The lowest BCUT2D eigenvalue weighted by Crippen LogP contribution is -2.39. The molecule has 0 spiro atoms. The van der Waals surface area contributed by atoms with Gasteiger partial charge >= 0.3 is 0 Å². The molecule has 0 saturated heterocycles. The average molecular weight is 245 g/mol. The van der Waals surface area contributed by atoms with Crippen LogP contribution in [-0.2, 0) is 6.42 Å². The third kappa shape index (κ3) is 4.45. The zero-order valence-corrected chi connectivity index (χ0v) is 11.7. The van der Waals surface area contributed by atoms with Crippen molar-refractivity contribution >= 4 is 0 Å². The summed E-state index contributed by atoms with van der Waals surface area (Å²) in [7, 11) is 0. The van der Waals surface area contributed by atoms with Crippen LogP contribution in [-0.4, -0.2) is 12.1 Å². The SMILES string of the molecule is CCC(Cc1ccccc1)NC1CCCCCC1. The van der Waals surface area contributed by atoms with Crippen LogP contribution in [0.3, 0.4) is 0 Å². The molecule has 0 heterocycles. The molecule has 1 fully saturated rings. The van der Waals surface area contributed by atoms with Gasteiger partial charge in [0.1, 0.15) is 0 Å². The van der Waals surface area contributed by atoms with Gasteiger partial charge in [-0.15, -0.1) is 0 Å². The summed E-state index contributed by atoms with van der Waals surface area (Å²) in [6.45, 7) is 2.30. The normalized spacial score (nSPS) is 19.4. The van der Waals surface area contributed by atoms with E-state index < -0.39 is 0 Å². The summed E-state index contributed by atoms with van der Waals surface area (Å²) < 4.78 is 0. The highest BCUT2D eigenvalue weighted by molar-refractivity contribution is 5.15. The van der Waals surface area contributed by atoms with E-state index in [1.54, 1.807) is 0 Å². The third-order valence-electron chi connectivity index (χ3n) is 4.14. The molecule has 1 N–H and O–H groups in total. The molecule has 1 unspecified atom stereocenters. The molecule has 1 aliphatic carbocycles. The Hall–Kier alpha value is -0.820. The molecule has 0 radical (unpaired) electrons. The topological polar surface area (TPSA) is 12.0 Å². The van der Waals surface area contributed by atoms with Gasteiger partial charge in [-0.05, 0) is 31.2 Å². The molecule has 1 aliphatic rings. The highest BCUT2D eigenvalue weighted by atomic mass is 14.9. The fourth-order valence-electron chi connectivity index (χ4n) is 3.00. The number of benzene rings is 1. The maximum atomic E-state index is 3.89. The largest absolute Gasteiger partial charge is 0.311 e. The summed E-state index contributed by atoms with van der Waals surface area (Å²) >= 11 is 0. The Labute approximate surface area is 112 Å². The molecule has 1 atom stereocenters. The number of hydrogen-bond donors (Lipinski definition) is 1. The van der Waals surface area contributed by atoms with Gasteiger partial charge < -0.3 is 5.32 Å². The molecule has 1 heteroatoms. The molecule has 0 aromatic heterocycles. The highest BCUT2D eigenvalue weighted by Crippen LogP contribution is 2.18. The molecule has 0 amide bonds. The first-order chi connectivity index (χ1) is 8.88. The predicted octanol–water partition coefficient (Wildman–Crippen LogP) is 4.32. The molecule has 1 aromatic rings. The van der Waals surface area contributed by atoms with E-state index in [0.29, 0.717) is 6.04 Å². The lowest BCUT2D eigenvalue weighted by molar-refractivity contribution is 0.383. The maximum Gasteiger partial charge on any atom is 0.0107 e. The second-order valence-electron chi connectivity index (χ2n) is 5.65. The minimum absolute atomic E-state index is 0.649. The van der Waals surface area contributed by atoms with Gasteiger partial charge in [-0.3, -0.25) is 0 Å². The Morgan fingerprint density at radius 3 is 2.33 bits per heavy atom. The van der Waals surface area contributed by atoms with Gasteiger partial charge in [-0.1, -0.05) is 62.9 Å². The fourth-order valence-corrected chi connectivity index (χ4v) is 3.00. The fraction of sp³-hybridized carbons (Fsp3) is 0.647. The van der Waals surface area contributed by atoms with Crippen molar-refractivity contribution in [2.75, 3.05) is 0 Å². The van der Waals surface area contributed by atoms with Gasteiger partial charge in [0.15, 0.2) is 0 Å². The predicted molar refractivity (Wildman–Crippen MR) is 78.9 cm³/mol. The first-order valence-electron chi connectivity index (χ1n) is 7.68. The van der Waals surface area contributed by atoms with Crippen molar-refractivity contribution in [1.29, 1.82) is 0 Å². The summed E-state index contributed by atoms with van der Waals surface area (Å²) in [5.41, 5.74) is 1.46. The third-order valence-corrected chi connectivity index (χ3v) is 4.14. The van der Waals surface area contributed by atoms with E-state index in [9.17, 15) is 0 Å². The minimum atomic E-state index is 0.649. The van der Waals surface area contributed by atoms with Crippen molar-refractivity contribution in [3.05, 3.63) is 35.9 Å². The van der Waals surface area contributed by atoms with Crippen LogP contribution >= 0.6 is 0 Å². The zero-order valence-electron chi connectivity index (χ0n) is 11.7. The van der Waals surface area contributed by atoms with Crippen LogP contribution in [0.2, 0.25) is 0 Å². The Balaban J connectivity index is 1.84. The highest BCUT2D eigenvalue weighted by Gasteiger charge is 2.16. The van der Waals surface area contributed by atoms with Crippen LogP contribution in [0.15, 0.2) is 30.3 Å². The molecule has 18 heavy (non-hydrogen) atoms. The van der Waals surface area contributed by atoms with Crippen LogP contribution in [0.4, 0.5) is 0 Å². The van der Waals surface area contributed by atoms with Crippen molar-refractivity contribution < 1.29 is 0 Å². The Morgan fingerprint density at radius 2 is 1.72 bits per heavy atom. The summed E-state index contributed by atoms with van der Waals surface area (Å²) in [6.07, 6.45) is 10.9. The van der Waals surface area contributed by atoms with E-state index in [0.717, 1.165) is 6.04 Å². The van der Waals surface area contributed by atoms with Gasteiger partial charge in [-0.2, -0.15) is 0 Å². The van der Waals surface area contributed by atoms with E-state index in [1.165, 1.54) is 56.9 Å². The molecule has 1 saturated carbocycles. The van der Waals surface area contributed by atoms with Crippen molar-refractivity contribution in [3.63, 3.8) is 0 Å². The number of rotatable bonds is 5. The Kier molecular flexibility index (Phi) is 5.73. The second kappa shape index (κ2) is 7.58. The zero-order chi connectivity index (χ0) is 12.6. The number of hydrogen-bond acceptors (Lipinski definition) is 1. The molecular formula is C17H27N. The summed E-state index contributed by atoms with van der Waals surface area (Å²) in [5.74, 6) is 0. The van der Waals surface area contributed by atoms with Gasteiger partial charge in [0.05, 0.1) is 0 Å². The lowest BCUT2D eigenvalue weighted by Gasteiger charge is -2.24. The van der Waals surface area contributed by atoms with Gasteiger partial charge in [-0.25, -0.2) is 0 Å². The lowest BCUT2D eigenvalue weighted by atomic mass is 10.0. The second-order valence-corrected chi connectivity index (χ2v) is 5.65. The van der Waals surface area contributed by atoms with Gasteiger partial charge in [0.25, 0.3) is 0 Å². The number of nitrogens with one attached hydrogen (secondary N) is 1. The molecular weight excluding hydrogens is 218 g/mol. The van der Waals surface area contributed by atoms with E-state index in [1.807, 2.05) is 0 Å². The first-order valence-corrected chi connectivity index (χ1v) is 7.68. The molecule has 1 aromatic carbocycles. The van der Waals surface area contributed by atoms with Crippen molar-refractivity contribution in [1.82, 2.24) is 5.32 Å². The maximum absolute atomic E-state index is 3.89. The Bertz CT molecular complexity index is 312. The Morgan fingerprint density at radius 1 is 1.06 bits per heavy atom. The molecule has 0 aliphatic heterocycles. The van der Waals surface area contributed by atoms with Crippen LogP contribution in [0.5, 0.6) is 0 Å². The van der Waals surface area contributed by atoms with E-state index in [4.69, 9.17) is 0 Å². The standard InChI is InChI=1S/C17H27N/c1-2-16(14-15-10-6-5-7-11-15)18-17-12-8-3-4-9-13-17/h5-7,10-11,16-18H,2-4,8-9,12-14H2,1H3. The molecule has 100 valence electrons. The van der Waals surface area contributed by atoms with Crippen LogP contribution in [0.25, 0.3) is 0 Å². The van der Waals surface area contributed by atoms with E-state index >= 15 is 0 Å². The monoisotopic (exact) mass is 245 g/mol. The quantitative estimate of drug-likeness (QED) is 0.762. The van der Waals surface area contributed by atoms with Crippen LogP contribution < -0.4 is 5.32 Å². The van der Waals surface area contributed by atoms with Crippen LogP contribution in [0, 0.1) is 0 Å². The first kappa shape index (κ1) is 13.6. The van der Waals surface area contributed by atoms with Crippen molar-refractivity contribution in [2.45, 2.75) is 70.4 Å². The average Bonchev–Trinajstić information content (AvgIpc) is 2.68. The smallest absolute Gasteiger partial charge is 0.0107 e. The summed E-state index contributed by atoms with van der Waals surface area (Å²) in [5, 5.41) is 3.89. The van der Waals surface area contributed by atoms with E-state index in [-0.39, 0.29) is 0 Å². The van der Waals surface area contributed by atoms with Crippen molar-refractivity contribution in [2.24, 2.45) is 0 Å². The molecule has 2 rings (SSSR count). The summed E-state index contributed by atoms with van der Waals surface area (Å²) in [6, 6.07) is 12.3. The minimum Gasteiger partial charge on any atom is -0.311 e. The van der Waals surface area contributed by atoms with Gasteiger partial charge in [0.2, 0.25) is 0 Å². The van der Waals surface area contributed by atoms with Gasteiger partial charge in [0, 0.05) is 12.1 Å². The summed E-state index contributed by atoms with van der Waals surface area (Å²) in [4.78, 5) is 0. The molecule has 1 nitrogen and oxygen atoms in total.